The zero-order valence-corrected chi connectivity index (χ0v) is 5.32. The molecule has 8 heavy (non-hydrogen) atoms. The topological polar surface area (TPSA) is 0 Å². The zero-order valence-electron chi connectivity index (χ0n) is 5.32. The van der Waals surface area contributed by atoms with Crippen molar-refractivity contribution in [1.82, 2.24) is 0 Å². The largest absolute Gasteiger partial charge is 0.245 e. The summed E-state index contributed by atoms with van der Waals surface area (Å²) in [7, 11) is 0. The van der Waals surface area contributed by atoms with Gasteiger partial charge in [0.2, 0.25) is 0 Å². The van der Waals surface area contributed by atoms with Crippen LogP contribution in [0.3, 0.4) is 0 Å². The molecular weight excluding hydrogens is 110 g/mol. The van der Waals surface area contributed by atoms with Gasteiger partial charge in [0, 0.05) is 0 Å². The smallest absolute Gasteiger partial charge is 0.131 e. The Balaban J connectivity index is 3.17. The molecule has 0 nitrogen and oxygen atoms in total. The fourth-order valence-corrected chi connectivity index (χ4v) is 0.505. The van der Waals surface area contributed by atoms with Gasteiger partial charge in [-0.1, -0.05) is 13.3 Å². The normalized spacial score (nSPS) is 18.0. The first kappa shape index (κ1) is 7.86. The summed E-state index contributed by atoms with van der Waals surface area (Å²) in [5, 5.41) is 0. The minimum atomic E-state index is -1.30. The molecule has 0 aliphatic rings. The van der Waals surface area contributed by atoms with Crippen molar-refractivity contribution in [3.63, 3.8) is 0 Å². The van der Waals surface area contributed by atoms with Crippen molar-refractivity contribution in [2.75, 3.05) is 0 Å². The molecule has 0 N–H and O–H groups in total. The molecule has 50 valence electrons. The molecule has 0 rings (SSSR count). The third-order valence-electron chi connectivity index (χ3n) is 1.06. The van der Waals surface area contributed by atoms with Crippen LogP contribution in [-0.2, 0) is 0 Å². The van der Waals surface area contributed by atoms with Crippen molar-refractivity contribution < 1.29 is 8.78 Å². The summed E-state index contributed by atoms with van der Waals surface area (Å²) in [6.07, 6.45) is -1.48. The van der Waals surface area contributed by atoms with Gasteiger partial charge >= 0.3 is 0 Å². The van der Waals surface area contributed by atoms with E-state index in [4.69, 9.17) is 0 Å². The van der Waals surface area contributed by atoms with Crippen molar-refractivity contribution >= 4 is 0 Å². The molecule has 0 heterocycles. The summed E-state index contributed by atoms with van der Waals surface area (Å²) in [5.41, 5.74) is 0. The molecule has 2 atom stereocenters. The third-order valence-corrected chi connectivity index (χ3v) is 1.06. The standard InChI is InChI=1S/C6H12F2/c1-3-4-6(8)5(2)7/h5-6H,3-4H2,1-2H3/t5?,6-/m0/s1. The zero-order chi connectivity index (χ0) is 6.57. The molecule has 0 aromatic carbocycles. The van der Waals surface area contributed by atoms with E-state index in [2.05, 4.69) is 0 Å². The molecule has 0 aliphatic carbocycles. The van der Waals surface area contributed by atoms with Gasteiger partial charge in [0.15, 0.2) is 0 Å². The van der Waals surface area contributed by atoms with Crippen molar-refractivity contribution in [1.29, 1.82) is 0 Å². The van der Waals surface area contributed by atoms with Gasteiger partial charge < -0.3 is 0 Å². The predicted molar refractivity (Wildman–Crippen MR) is 30.4 cm³/mol. The fourth-order valence-electron chi connectivity index (χ4n) is 0.505. The number of alkyl halides is 2. The number of hydrogen-bond acceptors (Lipinski definition) is 0. The van der Waals surface area contributed by atoms with E-state index in [1.807, 2.05) is 6.92 Å². The Labute approximate surface area is 48.9 Å². The maximum atomic E-state index is 12.2. The number of halogens is 2. The molecular formula is C6H12F2. The Morgan fingerprint density at radius 1 is 1.38 bits per heavy atom. The molecule has 0 fully saturated rings. The van der Waals surface area contributed by atoms with E-state index >= 15 is 0 Å². The third kappa shape index (κ3) is 2.94. The summed E-state index contributed by atoms with van der Waals surface area (Å²) in [6, 6.07) is 0. The first-order valence-corrected chi connectivity index (χ1v) is 2.96. The van der Waals surface area contributed by atoms with Gasteiger partial charge in [0.25, 0.3) is 0 Å². The van der Waals surface area contributed by atoms with Gasteiger partial charge in [-0.15, -0.1) is 0 Å². The van der Waals surface area contributed by atoms with Gasteiger partial charge in [-0.25, -0.2) is 8.78 Å². The second kappa shape index (κ2) is 3.81. The van der Waals surface area contributed by atoms with Crippen LogP contribution >= 0.6 is 0 Å². The van der Waals surface area contributed by atoms with Gasteiger partial charge in [0.05, 0.1) is 0 Å². The van der Waals surface area contributed by atoms with E-state index < -0.39 is 12.3 Å². The fraction of sp³-hybridized carbons (Fsp3) is 1.00. The van der Waals surface area contributed by atoms with E-state index in [1.165, 1.54) is 6.92 Å². The lowest BCUT2D eigenvalue weighted by molar-refractivity contribution is 0.172. The minimum Gasteiger partial charge on any atom is -0.245 e. The molecule has 0 saturated heterocycles. The van der Waals surface area contributed by atoms with Crippen LogP contribution in [0.15, 0.2) is 0 Å². The van der Waals surface area contributed by atoms with Crippen LogP contribution in [0.5, 0.6) is 0 Å². The van der Waals surface area contributed by atoms with Crippen LogP contribution in [0, 0.1) is 0 Å². The van der Waals surface area contributed by atoms with E-state index in [0.717, 1.165) is 6.42 Å². The minimum absolute atomic E-state index is 0.345. The summed E-state index contributed by atoms with van der Waals surface area (Å²) in [4.78, 5) is 0. The summed E-state index contributed by atoms with van der Waals surface area (Å²) in [5.74, 6) is 0. The lowest BCUT2D eigenvalue weighted by atomic mass is 10.2. The van der Waals surface area contributed by atoms with Crippen LogP contribution < -0.4 is 0 Å². The molecule has 0 aliphatic heterocycles. The molecule has 0 saturated carbocycles. The average Bonchev–Trinajstić information content (AvgIpc) is 1.67. The monoisotopic (exact) mass is 122 g/mol. The lowest BCUT2D eigenvalue weighted by Crippen LogP contribution is -2.11. The average molecular weight is 122 g/mol. The van der Waals surface area contributed by atoms with Crippen LogP contribution in [0.1, 0.15) is 26.7 Å². The van der Waals surface area contributed by atoms with E-state index in [1.54, 1.807) is 0 Å². The highest BCUT2D eigenvalue weighted by atomic mass is 19.2. The Bertz CT molecular complexity index is 52.5. The molecule has 0 radical (unpaired) electrons. The van der Waals surface area contributed by atoms with Crippen LogP contribution in [0.4, 0.5) is 8.78 Å². The van der Waals surface area contributed by atoms with Crippen molar-refractivity contribution in [3.05, 3.63) is 0 Å². The predicted octanol–water partition coefficient (Wildman–Crippen LogP) is 2.48. The van der Waals surface area contributed by atoms with Gasteiger partial charge in [0.1, 0.15) is 12.3 Å². The molecule has 0 bridgehead atoms. The summed E-state index contributed by atoms with van der Waals surface area (Å²) >= 11 is 0. The second-order valence-corrected chi connectivity index (χ2v) is 1.98. The van der Waals surface area contributed by atoms with Crippen LogP contribution in [0.2, 0.25) is 0 Å². The molecule has 0 amide bonds. The van der Waals surface area contributed by atoms with Gasteiger partial charge in [-0.05, 0) is 13.3 Å². The number of rotatable bonds is 3. The summed E-state index contributed by atoms with van der Waals surface area (Å²) < 4.78 is 24.1. The maximum Gasteiger partial charge on any atom is 0.131 e. The Hall–Kier alpha value is -0.140. The maximum absolute atomic E-state index is 12.2. The summed E-state index contributed by atoms with van der Waals surface area (Å²) in [6.45, 7) is 3.09. The quantitative estimate of drug-likeness (QED) is 0.539. The van der Waals surface area contributed by atoms with Gasteiger partial charge in [-0.3, -0.25) is 0 Å². The SMILES string of the molecule is CCC[C@H](F)C(C)F. The Morgan fingerprint density at radius 2 is 1.88 bits per heavy atom. The highest BCUT2D eigenvalue weighted by molar-refractivity contribution is 4.60. The molecule has 0 aromatic heterocycles. The van der Waals surface area contributed by atoms with Crippen LogP contribution in [0.25, 0.3) is 0 Å². The van der Waals surface area contributed by atoms with Crippen LogP contribution in [-0.4, -0.2) is 12.3 Å². The Kier molecular flexibility index (Phi) is 3.75. The molecule has 0 aromatic rings. The first-order chi connectivity index (χ1) is 3.68. The van der Waals surface area contributed by atoms with Gasteiger partial charge in [-0.2, -0.15) is 0 Å². The van der Waals surface area contributed by atoms with E-state index in [0.29, 0.717) is 6.42 Å². The lowest BCUT2D eigenvalue weighted by Gasteiger charge is -2.05. The highest BCUT2D eigenvalue weighted by Gasteiger charge is 2.12. The molecule has 0 spiro atoms. The highest BCUT2D eigenvalue weighted by Crippen LogP contribution is 2.08. The van der Waals surface area contributed by atoms with Crippen molar-refractivity contribution in [2.45, 2.75) is 39.0 Å². The van der Waals surface area contributed by atoms with Crippen molar-refractivity contribution in [2.24, 2.45) is 0 Å². The van der Waals surface area contributed by atoms with E-state index in [-0.39, 0.29) is 0 Å². The Morgan fingerprint density at radius 3 is 2.00 bits per heavy atom. The second-order valence-electron chi connectivity index (χ2n) is 1.98. The molecule has 2 heteroatoms. The first-order valence-electron chi connectivity index (χ1n) is 2.96. The van der Waals surface area contributed by atoms with Crippen molar-refractivity contribution in [3.8, 4) is 0 Å². The number of hydrogen-bond donors (Lipinski definition) is 0. The molecule has 1 unspecified atom stereocenters. The van der Waals surface area contributed by atoms with E-state index in [9.17, 15) is 8.78 Å².